The zero-order valence-corrected chi connectivity index (χ0v) is 12.2. The SMILES string of the molecule is CC1(C)CN(C(=O)NCCC(=O)O)c2cccc(Cl)c21. The molecule has 0 saturated carbocycles. The van der Waals surface area contributed by atoms with E-state index in [9.17, 15) is 9.59 Å². The van der Waals surface area contributed by atoms with Gasteiger partial charge in [0.1, 0.15) is 0 Å². The van der Waals surface area contributed by atoms with Crippen molar-refractivity contribution in [3.8, 4) is 0 Å². The lowest BCUT2D eigenvalue weighted by Gasteiger charge is -2.21. The number of aliphatic carboxylic acids is 1. The van der Waals surface area contributed by atoms with Gasteiger partial charge in [-0.05, 0) is 12.1 Å². The Bertz CT molecular complexity index is 557. The molecule has 5 nitrogen and oxygen atoms in total. The Hall–Kier alpha value is -1.75. The number of nitrogens with one attached hydrogen (secondary N) is 1. The van der Waals surface area contributed by atoms with Crippen molar-refractivity contribution in [2.24, 2.45) is 0 Å². The summed E-state index contributed by atoms with van der Waals surface area (Å²) in [6.45, 7) is 4.69. The molecule has 0 fully saturated rings. The molecule has 2 amide bonds. The first-order chi connectivity index (χ1) is 9.33. The Morgan fingerprint density at radius 1 is 1.45 bits per heavy atom. The second kappa shape index (κ2) is 5.32. The third-order valence-electron chi connectivity index (χ3n) is 3.37. The summed E-state index contributed by atoms with van der Waals surface area (Å²) in [7, 11) is 0. The lowest BCUT2D eigenvalue weighted by atomic mass is 9.87. The third kappa shape index (κ3) is 2.72. The maximum Gasteiger partial charge on any atom is 0.321 e. The van der Waals surface area contributed by atoms with E-state index in [0.29, 0.717) is 11.6 Å². The van der Waals surface area contributed by atoms with Crippen molar-refractivity contribution in [1.29, 1.82) is 0 Å². The average molecular weight is 297 g/mol. The summed E-state index contributed by atoms with van der Waals surface area (Å²) in [5.41, 5.74) is 1.52. The van der Waals surface area contributed by atoms with E-state index in [1.54, 1.807) is 11.0 Å². The number of halogens is 1. The van der Waals surface area contributed by atoms with Crippen LogP contribution < -0.4 is 10.2 Å². The Labute approximate surface area is 122 Å². The van der Waals surface area contributed by atoms with Gasteiger partial charge in [0.15, 0.2) is 0 Å². The standard InChI is InChI=1S/C14H17ClN2O3/c1-14(2)8-17(13(20)16-7-6-11(18)19)10-5-3-4-9(15)12(10)14/h3-5H,6-8H2,1-2H3,(H,16,20)(H,18,19). The van der Waals surface area contributed by atoms with Crippen LogP contribution in [0.3, 0.4) is 0 Å². The van der Waals surface area contributed by atoms with Crippen LogP contribution in [0, 0.1) is 0 Å². The first kappa shape index (κ1) is 14.7. The van der Waals surface area contributed by atoms with E-state index in [1.165, 1.54) is 0 Å². The number of hydrogen-bond acceptors (Lipinski definition) is 2. The van der Waals surface area contributed by atoms with E-state index in [2.05, 4.69) is 5.32 Å². The minimum absolute atomic E-state index is 0.0919. The minimum Gasteiger partial charge on any atom is -0.481 e. The number of fused-ring (bicyclic) bond motifs is 1. The summed E-state index contributed by atoms with van der Waals surface area (Å²) in [4.78, 5) is 24.2. The largest absolute Gasteiger partial charge is 0.481 e. The molecule has 108 valence electrons. The number of anilines is 1. The average Bonchev–Trinajstić information content (AvgIpc) is 2.62. The number of urea groups is 1. The number of hydrogen-bond donors (Lipinski definition) is 2. The summed E-state index contributed by atoms with van der Waals surface area (Å²) in [5, 5.41) is 11.9. The van der Waals surface area contributed by atoms with Gasteiger partial charge in [-0.25, -0.2) is 4.79 Å². The number of carboxylic acids is 1. The molecule has 20 heavy (non-hydrogen) atoms. The Kier molecular flexibility index (Phi) is 3.90. The van der Waals surface area contributed by atoms with Crippen LogP contribution in [0.15, 0.2) is 18.2 Å². The van der Waals surface area contributed by atoms with Crippen LogP contribution in [0.1, 0.15) is 25.8 Å². The molecule has 0 unspecified atom stereocenters. The summed E-state index contributed by atoms with van der Waals surface area (Å²) >= 11 is 6.23. The number of benzene rings is 1. The van der Waals surface area contributed by atoms with Crippen molar-refractivity contribution in [3.63, 3.8) is 0 Å². The predicted octanol–water partition coefficient (Wildman–Crippen LogP) is 2.62. The van der Waals surface area contributed by atoms with Crippen LogP contribution in [0.4, 0.5) is 10.5 Å². The van der Waals surface area contributed by atoms with Crippen LogP contribution in [0.5, 0.6) is 0 Å². The maximum absolute atomic E-state index is 12.2. The summed E-state index contributed by atoms with van der Waals surface area (Å²) in [6, 6.07) is 5.18. The summed E-state index contributed by atoms with van der Waals surface area (Å²) < 4.78 is 0. The zero-order valence-electron chi connectivity index (χ0n) is 11.4. The van der Waals surface area contributed by atoms with Crippen LogP contribution >= 0.6 is 11.6 Å². The highest BCUT2D eigenvalue weighted by atomic mass is 35.5. The van der Waals surface area contributed by atoms with Crippen LogP contribution in [-0.2, 0) is 10.2 Å². The van der Waals surface area contributed by atoms with Gasteiger partial charge in [0.05, 0.1) is 12.1 Å². The van der Waals surface area contributed by atoms with Gasteiger partial charge < -0.3 is 10.4 Å². The van der Waals surface area contributed by atoms with Gasteiger partial charge in [-0.1, -0.05) is 31.5 Å². The summed E-state index contributed by atoms with van der Waals surface area (Å²) in [5.74, 6) is -0.935. The molecule has 0 spiro atoms. The lowest BCUT2D eigenvalue weighted by Crippen LogP contribution is -2.42. The Morgan fingerprint density at radius 2 is 2.15 bits per heavy atom. The monoisotopic (exact) mass is 296 g/mol. The molecule has 2 N–H and O–H groups in total. The van der Waals surface area contributed by atoms with E-state index in [0.717, 1.165) is 11.3 Å². The van der Waals surface area contributed by atoms with E-state index >= 15 is 0 Å². The molecule has 0 radical (unpaired) electrons. The molecule has 1 aliphatic rings. The van der Waals surface area contributed by atoms with E-state index in [1.807, 2.05) is 26.0 Å². The van der Waals surface area contributed by atoms with Gasteiger partial charge in [0, 0.05) is 29.1 Å². The lowest BCUT2D eigenvalue weighted by molar-refractivity contribution is -0.136. The molecule has 0 atom stereocenters. The maximum atomic E-state index is 12.2. The first-order valence-electron chi connectivity index (χ1n) is 6.39. The molecule has 2 rings (SSSR count). The van der Waals surface area contributed by atoms with Gasteiger partial charge in [-0.2, -0.15) is 0 Å². The molecule has 1 aliphatic heterocycles. The Balaban J connectivity index is 2.18. The van der Waals surface area contributed by atoms with Gasteiger partial charge >= 0.3 is 12.0 Å². The highest BCUT2D eigenvalue weighted by Gasteiger charge is 2.39. The highest BCUT2D eigenvalue weighted by molar-refractivity contribution is 6.32. The number of rotatable bonds is 3. The molecule has 6 heteroatoms. The topological polar surface area (TPSA) is 69.6 Å². The van der Waals surface area contributed by atoms with Crippen LogP contribution in [0.25, 0.3) is 0 Å². The zero-order chi connectivity index (χ0) is 14.9. The summed E-state index contributed by atoms with van der Waals surface area (Å²) in [6.07, 6.45) is -0.0919. The smallest absolute Gasteiger partial charge is 0.321 e. The van der Waals surface area contributed by atoms with E-state index < -0.39 is 5.97 Å². The van der Waals surface area contributed by atoms with Crippen LogP contribution in [-0.4, -0.2) is 30.2 Å². The van der Waals surface area contributed by atoms with Gasteiger partial charge in [-0.3, -0.25) is 9.69 Å². The molecule has 1 heterocycles. The number of nitrogens with zero attached hydrogens (tertiary/aromatic N) is 1. The molecular weight excluding hydrogens is 280 g/mol. The normalized spacial score (nSPS) is 15.8. The van der Waals surface area contributed by atoms with Gasteiger partial charge in [0.2, 0.25) is 0 Å². The van der Waals surface area contributed by atoms with E-state index in [-0.39, 0.29) is 24.4 Å². The number of carboxylic acid groups (broad SMARTS) is 1. The van der Waals surface area contributed by atoms with Crippen molar-refractivity contribution in [3.05, 3.63) is 28.8 Å². The van der Waals surface area contributed by atoms with Crippen molar-refractivity contribution in [1.82, 2.24) is 5.32 Å². The number of amides is 2. The fourth-order valence-electron chi connectivity index (χ4n) is 2.52. The fourth-order valence-corrected chi connectivity index (χ4v) is 2.95. The van der Waals surface area contributed by atoms with Crippen molar-refractivity contribution >= 4 is 29.3 Å². The van der Waals surface area contributed by atoms with Gasteiger partial charge in [-0.15, -0.1) is 0 Å². The van der Waals surface area contributed by atoms with Crippen molar-refractivity contribution in [2.75, 3.05) is 18.0 Å². The number of carbonyl (C=O) groups excluding carboxylic acids is 1. The van der Waals surface area contributed by atoms with Crippen LogP contribution in [0.2, 0.25) is 5.02 Å². The van der Waals surface area contributed by atoms with E-state index in [4.69, 9.17) is 16.7 Å². The fraction of sp³-hybridized carbons (Fsp3) is 0.429. The Morgan fingerprint density at radius 3 is 2.80 bits per heavy atom. The molecule has 0 saturated heterocycles. The second-order valence-electron chi connectivity index (χ2n) is 5.48. The predicted molar refractivity (Wildman–Crippen MR) is 77.5 cm³/mol. The number of carbonyl (C=O) groups is 2. The second-order valence-corrected chi connectivity index (χ2v) is 5.89. The molecule has 0 bridgehead atoms. The minimum atomic E-state index is -0.935. The molecule has 0 aromatic heterocycles. The quantitative estimate of drug-likeness (QED) is 0.901. The highest BCUT2D eigenvalue weighted by Crippen LogP contribution is 2.44. The van der Waals surface area contributed by atoms with Crippen molar-refractivity contribution < 1.29 is 14.7 Å². The molecule has 1 aromatic rings. The molecule has 0 aliphatic carbocycles. The first-order valence-corrected chi connectivity index (χ1v) is 6.77. The van der Waals surface area contributed by atoms with Crippen molar-refractivity contribution in [2.45, 2.75) is 25.7 Å². The molecule has 1 aromatic carbocycles. The van der Waals surface area contributed by atoms with Gasteiger partial charge in [0.25, 0.3) is 0 Å². The third-order valence-corrected chi connectivity index (χ3v) is 3.69. The molecular formula is C14H17ClN2O3.